The van der Waals surface area contributed by atoms with Gasteiger partial charge in [0.2, 0.25) is 0 Å². The van der Waals surface area contributed by atoms with Crippen LogP contribution in [0.1, 0.15) is 30.2 Å². The topological polar surface area (TPSA) is 125 Å². The molecule has 0 aliphatic rings. The predicted molar refractivity (Wildman–Crippen MR) is 146 cm³/mol. The summed E-state index contributed by atoms with van der Waals surface area (Å²) >= 11 is 0. The van der Waals surface area contributed by atoms with Gasteiger partial charge in [-0.3, -0.25) is 0 Å². The van der Waals surface area contributed by atoms with E-state index in [1.807, 2.05) is 48.5 Å². The van der Waals surface area contributed by atoms with Crippen LogP contribution in [0.25, 0.3) is 21.8 Å². The van der Waals surface area contributed by atoms with E-state index in [9.17, 15) is 21.9 Å². The zero-order valence-corrected chi connectivity index (χ0v) is 22.1. The van der Waals surface area contributed by atoms with Gasteiger partial charge in [-0.1, -0.05) is 36.4 Å². The monoisotopic (exact) mass is 527 g/mol. The first kappa shape index (κ1) is 25.9. The van der Waals surface area contributed by atoms with Gasteiger partial charge >= 0.3 is 0 Å². The zero-order valence-electron chi connectivity index (χ0n) is 20.5. The highest BCUT2D eigenvalue weighted by Crippen LogP contribution is 2.41. The summed E-state index contributed by atoms with van der Waals surface area (Å²) in [6, 6.07) is 18.5. The Morgan fingerprint density at radius 3 is 1.86 bits per heavy atom. The van der Waals surface area contributed by atoms with Crippen LogP contribution in [0.3, 0.4) is 0 Å². The molecule has 190 valence electrons. The van der Waals surface area contributed by atoms with Crippen LogP contribution in [0, 0.1) is 0 Å². The summed E-state index contributed by atoms with van der Waals surface area (Å²) in [5.41, 5.74) is 3.91. The Labute approximate surface area is 211 Å². The number of aromatic nitrogens is 1. The molecule has 0 radical (unpaired) electrons. The van der Waals surface area contributed by atoms with Crippen LogP contribution in [0.4, 0.5) is 17.1 Å². The number of hydrogen-bond acceptors (Lipinski definition) is 8. The van der Waals surface area contributed by atoms with E-state index >= 15 is 0 Å². The third-order valence-corrected chi connectivity index (χ3v) is 9.24. The van der Waals surface area contributed by atoms with E-state index in [0.29, 0.717) is 22.5 Å². The van der Waals surface area contributed by atoms with Crippen molar-refractivity contribution in [1.82, 2.24) is 4.98 Å². The molecule has 3 aromatic carbocycles. The summed E-state index contributed by atoms with van der Waals surface area (Å²) in [4.78, 5) is 4.74. The minimum Gasteiger partial charge on any atom is -0.392 e. The molecule has 0 saturated carbocycles. The second-order valence-electron chi connectivity index (χ2n) is 9.00. The molecule has 0 bridgehead atoms. The van der Waals surface area contributed by atoms with E-state index in [1.165, 1.54) is 6.92 Å². The van der Waals surface area contributed by atoms with E-state index in [2.05, 4.69) is 10.6 Å². The van der Waals surface area contributed by atoms with Gasteiger partial charge in [-0.15, -0.1) is 0 Å². The summed E-state index contributed by atoms with van der Waals surface area (Å²) in [5, 5.41) is 16.1. The fourth-order valence-electron chi connectivity index (χ4n) is 4.11. The molecule has 1 aromatic heterocycles. The number of hydrogen-bond donors (Lipinski definition) is 3. The zero-order chi connectivity index (χ0) is 26.3. The number of nitrogens with one attached hydrogen (secondary N) is 2. The largest absolute Gasteiger partial charge is 0.392 e. The van der Waals surface area contributed by atoms with Crippen LogP contribution in [-0.2, 0) is 26.3 Å². The summed E-state index contributed by atoms with van der Waals surface area (Å²) in [6.45, 7) is 2.74. The van der Waals surface area contributed by atoms with Gasteiger partial charge in [-0.2, -0.15) is 0 Å². The molecule has 0 saturated heterocycles. The van der Waals surface area contributed by atoms with Crippen molar-refractivity contribution in [3.63, 3.8) is 0 Å². The molecular formula is C26H29N3O5S2. The van der Waals surface area contributed by atoms with Gasteiger partial charge in [0, 0.05) is 40.2 Å². The fraction of sp³-hybridized carbons (Fsp3) is 0.269. The molecule has 0 aliphatic heterocycles. The second-order valence-corrected chi connectivity index (χ2v) is 13.7. The first-order valence-corrected chi connectivity index (χ1v) is 15.3. The third kappa shape index (κ3) is 5.16. The molecule has 4 aromatic rings. The molecule has 1 heterocycles. The van der Waals surface area contributed by atoms with Gasteiger partial charge in [-0.05, 0) is 43.7 Å². The third-order valence-electron chi connectivity index (χ3n) is 6.32. The van der Waals surface area contributed by atoms with Crippen LogP contribution in [0.15, 0.2) is 60.7 Å². The standard InChI is InChI=1S/C26H29N3O5S2/c1-16(35(3,31)32)25-23(27-17(2)36(4,33)34)13-18(15-30)14-24(25)29-26-19-9-5-7-11-21(19)28-22-12-8-6-10-20(22)26/h5-14,16-17,27,30H,15H2,1-4H3,(H,28,29). The molecule has 3 N–H and O–H groups in total. The number of benzene rings is 3. The number of anilines is 3. The van der Waals surface area contributed by atoms with Crippen molar-refractivity contribution < 1.29 is 21.9 Å². The lowest BCUT2D eigenvalue weighted by molar-refractivity contribution is 0.282. The van der Waals surface area contributed by atoms with E-state index < -0.39 is 30.3 Å². The van der Waals surface area contributed by atoms with Gasteiger partial charge in [0.05, 0.1) is 28.6 Å². The van der Waals surface area contributed by atoms with Gasteiger partial charge in [0.15, 0.2) is 19.7 Å². The Bertz CT molecular complexity index is 1610. The van der Waals surface area contributed by atoms with Crippen molar-refractivity contribution in [2.45, 2.75) is 31.1 Å². The Hall–Kier alpha value is -3.21. The summed E-state index contributed by atoms with van der Waals surface area (Å²) in [5.74, 6) is 0. The van der Waals surface area contributed by atoms with Crippen LogP contribution >= 0.6 is 0 Å². The number of pyridine rings is 1. The molecule has 0 spiro atoms. The Kier molecular flexibility index (Phi) is 6.96. The first-order valence-electron chi connectivity index (χ1n) is 11.4. The van der Waals surface area contributed by atoms with Crippen LogP contribution in [-0.4, -0.2) is 44.8 Å². The second kappa shape index (κ2) is 9.68. The maximum absolute atomic E-state index is 12.7. The van der Waals surface area contributed by atoms with Crippen molar-refractivity contribution >= 4 is 58.5 Å². The number of aliphatic hydroxyl groups excluding tert-OH is 1. The van der Waals surface area contributed by atoms with E-state index in [1.54, 1.807) is 19.1 Å². The average Bonchev–Trinajstić information content (AvgIpc) is 2.82. The molecule has 0 amide bonds. The highest BCUT2D eigenvalue weighted by molar-refractivity contribution is 7.91. The van der Waals surface area contributed by atoms with Crippen molar-refractivity contribution in [3.05, 3.63) is 71.8 Å². The molecule has 0 aliphatic carbocycles. The highest BCUT2D eigenvalue weighted by atomic mass is 32.2. The van der Waals surface area contributed by atoms with Crippen molar-refractivity contribution in [2.75, 3.05) is 23.1 Å². The fourth-order valence-corrected chi connectivity index (χ4v) is 5.14. The van der Waals surface area contributed by atoms with Crippen molar-refractivity contribution in [1.29, 1.82) is 0 Å². The minimum absolute atomic E-state index is 0.317. The normalized spacial score (nSPS) is 14.0. The molecule has 2 unspecified atom stereocenters. The maximum atomic E-state index is 12.7. The summed E-state index contributed by atoms with van der Waals surface area (Å²) in [6.07, 6.45) is 2.25. The lowest BCUT2D eigenvalue weighted by atomic mass is 10.0. The number of aliphatic hydroxyl groups is 1. The summed E-state index contributed by atoms with van der Waals surface area (Å²) < 4.78 is 49.8. The first-order chi connectivity index (χ1) is 16.9. The molecular weight excluding hydrogens is 498 g/mol. The quantitative estimate of drug-likeness (QED) is 0.285. The van der Waals surface area contributed by atoms with Gasteiger partial charge < -0.3 is 15.7 Å². The molecule has 8 nitrogen and oxygen atoms in total. The molecule has 10 heteroatoms. The van der Waals surface area contributed by atoms with Crippen molar-refractivity contribution in [3.8, 4) is 0 Å². The van der Waals surface area contributed by atoms with Crippen LogP contribution in [0.5, 0.6) is 0 Å². The predicted octanol–water partition coefficient (Wildman–Crippen LogP) is 4.53. The molecule has 2 atom stereocenters. The van der Waals surface area contributed by atoms with Crippen LogP contribution in [0.2, 0.25) is 0 Å². The smallest absolute Gasteiger partial charge is 0.167 e. The lowest BCUT2D eigenvalue weighted by Gasteiger charge is -2.25. The number of rotatable bonds is 8. The molecule has 0 fully saturated rings. The lowest BCUT2D eigenvalue weighted by Crippen LogP contribution is -2.26. The van der Waals surface area contributed by atoms with Crippen molar-refractivity contribution in [2.24, 2.45) is 0 Å². The van der Waals surface area contributed by atoms with Gasteiger partial charge in [0.1, 0.15) is 5.37 Å². The number of para-hydroxylation sites is 2. The highest BCUT2D eigenvalue weighted by Gasteiger charge is 2.27. The number of sulfone groups is 2. The molecule has 36 heavy (non-hydrogen) atoms. The Morgan fingerprint density at radius 2 is 1.36 bits per heavy atom. The molecule has 4 rings (SSSR count). The van der Waals surface area contributed by atoms with Gasteiger partial charge in [-0.25, -0.2) is 21.8 Å². The van der Waals surface area contributed by atoms with E-state index in [4.69, 9.17) is 4.98 Å². The Balaban J connectivity index is 2.02. The maximum Gasteiger partial charge on any atom is 0.167 e. The summed E-state index contributed by atoms with van der Waals surface area (Å²) in [7, 11) is -7.05. The number of nitrogens with zero attached hydrogens (tertiary/aromatic N) is 1. The van der Waals surface area contributed by atoms with E-state index in [0.717, 1.165) is 40.0 Å². The van der Waals surface area contributed by atoms with Crippen LogP contribution < -0.4 is 10.6 Å². The minimum atomic E-state index is -3.57. The average molecular weight is 528 g/mol. The number of fused-ring (bicyclic) bond motifs is 2. The SMILES string of the molecule is CC(Nc1cc(CO)cc(Nc2c3ccccc3nc3ccccc23)c1C(C)S(C)(=O)=O)S(C)(=O)=O. The van der Waals surface area contributed by atoms with E-state index in [-0.39, 0.29) is 6.61 Å². The van der Waals surface area contributed by atoms with Gasteiger partial charge in [0.25, 0.3) is 0 Å². The Morgan fingerprint density at radius 1 is 0.833 bits per heavy atom.